The van der Waals surface area contributed by atoms with Gasteiger partial charge in [0, 0.05) is 24.0 Å². The number of rotatable bonds is 1. The standard InChI is InChI=1S/C13H16N4/c14-10-4-1-3-9(7-10)12-8-17-6-2-5-11(15)13(17)16-12/h1,3-4,7-8,11H,2,5-6,14-15H2. The van der Waals surface area contributed by atoms with Gasteiger partial charge in [-0.2, -0.15) is 0 Å². The van der Waals surface area contributed by atoms with Crippen molar-refractivity contribution in [2.45, 2.75) is 25.4 Å². The van der Waals surface area contributed by atoms with E-state index in [2.05, 4.69) is 15.7 Å². The highest BCUT2D eigenvalue weighted by Gasteiger charge is 2.19. The van der Waals surface area contributed by atoms with Gasteiger partial charge in [-0.05, 0) is 25.0 Å². The molecule has 4 heteroatoms. The molecule has 0 saturated carbocycles. The summed E-state index contributed by atoms with van der Waals surface area (Å²) < 4.78 is 2.16. The van der Waals surface area contributed by atoms with E-state index >= 15 is 0 Å². The molecule has 1 unspecified atom stereocenters. The molecule has 1 aromatic carbocycles. The summed E-state index contributed by atoms with van der Waals surface area (Å²) in [7, 11) is 0. The van der Waals surface area contributed by atoms with Gasteiger partial charge in [0.05, 0.1) is 11.7 Å². The van der Waals surface area contributed by atoms with E-state index < -0.39 is 0 Å². The highest BCUT2D eigenvalue weighted by Crippen LogP contribution is 2.27. The lowest BCUT2D eigenvalue weighted by molar-refractivity contribution is 0.451. The van der Waals surface area contributed by atoms with Crippen LogP contribution in [-0.2, 0) is 6.54 Å². The van der Waals surface area contributed by atoms with E-state index in [-0.39, 0.29) is 6.04 Å². The zero-order valence-electron chi connectivity index (χ0n) is 9.63. The second-order valence-electron chi connectivity index (χ2n) is 4.55. The monoisotopic (exact) mass is 228 g/mol. The molecule has 4 nitrogen and oxygen atoms in total. The van der Waals surface area contributed by atoms with Crippen LogP contribution < -0.4 is 11.5 Å². The van der Waals surface area contributed by atoms with E-state index in [0.29, 0.717) is 0 Å². The van der Waals surface area contributed by atoms with Crippen LogP contribution in [0.3, 0.4) is 0 Å². The van der Waals surface area contributed by atoms with Crippen LogP contribution >= 0.6 is 0 Å². The number of fused-ring (bicyclic) bond motifs is 1. The normalized spacial score (nSPS) is 19.0. The summed E-state index contributed by atoms with van der Waals surface area (Å²) in [6.45, 7) is 1.01. The Bertz CT molecular complexity index is 544. The number of aryl methyl sites for hydroxylation is 1. The number of benzene rings is 1. The molecule has 1 atom stereocenters. The fourth-order valence-corrected chi connectivity index (χ4v) is 2.35. The maximum Gasteiger partial charge on any atom is 0.126 e. The predicted molar refractivity (Wildman–Crippen MR) is 68.2 cm³/mol. The minimum atomic E-state index is 0.0681. The zero-order valence-corrected chi connectivity index (χ0v) is 9.63. The van der Waals surface area contributed by atoms with Crippen molar-refractivity contribution in [2.75, 3.05) is 5.73 Å². The van der Waals surface area contributed by atoms with Crippen LogP contribution in [0.1, 0.15) is 24.7 Å². The van der Waals surface area contributed by atoms with Crippen molar-refractivity contribution in [3.63, 3.8) is 0 Å². The highest BCUT2D eigenvalue weighted by molar-refractivity contribution is 5.63. The molecule has 1 aliphatic heterocycles. The van der Waals surface area contributed by atoms with Gasteiger partial charge in [0.1, 0.15) is 5.82 Å². The smallest absolute Gasteiger partial charge is 0.126 e. The van der Waals surface area contributed by atoms with Crippen molar-refractivity contribution in [2.24, 2.45) is 5.73 Å². The van der Waals surface area contributed by atoms with E-state index in [1.807, 2.05) is 24.3 Å². The molecule has 0 radical (unpaired) electrons. The van der Waals surface area contributed by atoms with Crippen molar-refractivity contribution in [3.05, 3.63) is 36.3 Å². The Morgan fingerprint density at radius 3 is 3.00 bits per heavy atom. The van der Waals surface area contributed by atoms with E-state index in [1.165, 1.54) is 0 Å². The van der Waals surface area contributed by atoms with Crippen molar-refractivity contribution in [1.29, 1.82) is 0 Å². The second kappa shape index (κ2) is 3.89. The maximum absolute atomic E-state index is 6.06. The third-order valence-electron chi connectivity index (χ3n) is 3.24. The summed E-state index contributed by atoms with van der Waals surface area (Å²) in [5, 5.41) is 0. The third kappa shape index (κ3) is 1.80. The van der Waals surface area contributed by atoms with Crippen molar-refractivity contribution < 1.29 is 0 Å². The SMILES string of the molecule is Nc1cccc(-c2cn3c(n2)C(N)CCC3)c1. The summed E-state index contributed by atoms with van der Waals surface area (Å²) in [6, 6.07) is 7.86. The lowest BCUT2D eigenvalue weighted by Gasteiger charge is -2.19. The second-order valence-corrected chi connectivity index (χ2v) is 4.55. The lowest BCUT2D eigenvalue weighted by Crippen LogP contribution is -2.21. The molecular formula is C13H16N4. The molecule has 0 spiro atoms. The highest BCUT2D eigenvalue weighted by atomic mass is 15.1. The molecule has 4 N–H and O–H groups in total. The average Bonchev–Trinajstić information content (AvgIpc) is 2.74. The summed E-state index contributed by atoms with van der Waals surface area (Å²) in [5.41, 5.74) is 14.6. The average molecular weight is 228 g/mol. The van der Waals surface area contributed by atoms with Crippen molar-refractivity contribution >= 4 is 5.69 Å². The number of nitrogens with two attached hydrogens (primary N) is 2. The van der Waals surface area contributed by atoms with Gasteiger partial charge in [-0.25, -0.2) is 4.98 Å². The van der Waals surface area contributed by atoms with Crippen LogP contribution in [0, 0.1) is 0 Å². The molecule has 2 aromatic rings. The predicted octanol–water partition coefficient (Wildman–Crippen LogP) is 1.93. The van der Waals surface area contributed by atoms with Crippen LogP contribution in [0.5, 0.6) is 0 Å². The molecule has 1 aromatic heterocycles. The van der Waals surface area contributed by atoms with E-state index in [4.69, 9.17) is 11.5 Å². The Morgan fingerprint density at radius 1 is 1.35 bits per heavy atom. The number of hydrogen-bond donors (Lipinski definition) is 2. The van der Waals surface area contributed by atoms with Crippen molar-refractivity contribution in [3.8, 4) is 11.3 Å². The van der Waals surface area contributed by atoms with Crippen LogP contribution in [0.2, 0.25) is 0 Å². The van der Waals surface area contributed by atoms with Gasteiger partial charge < -0.3 is 16.0 Å². The number of aromatic nitrogens is 2. The molecule has 0 saturated heterocycles. The molecular weight excluding hydrogens is 212 g/mol. The van der Waals surface area contributed by atoms with Gasteiger partial charge in [-0.3, -0.25) is 0 Å². The van der Waals surface area contributed by atoms with Gasteiger partial charge in [0.15, 0.2) is 0 Å². The van der Waals surface area contributed by atoms with Gasteiger partial charge in [0.25, 0.3) is 0 Å². The first-order valence-corrected chi connectivity index (χ1v) is 5.92. The molecule has 88 valence electrons. The Kier molecular flexibility index (Phi) is 2.37. The van der Waals surface area contributed by atoms with Gasteiger partial charge in [-0.1, -0.05) is 12.1 Å². The molecule has 17 heavy (non-hydrogen) atoms. The van der Waals surface area contributed by atoms with E-state index in [9.17, 15) is 0 Å². The van der Waals surface area contributed by atoms with Gasteiger partial charge >= 0.3 is 0 Å². The fourth-order valence-electron chi connectivity index (χ4n) is 2.35. The summed E-state index contributed by atoms with van der Waals surface area (Å²) in [4.78, 5) is 4.63. The Labute approximate surface area is 100 Å². The minimum Gasteiger partial charge on any atom is -0.399 e. The first-order valence-electron chi connectivity index (χ1n) is 5.92. The molecule has 3 rings (SSSR count). The Balaban J connectivity index is 2.05. The number of imidazole rings is 1. The Hall–Kier alpha value is -1.81. The number of nitrogen functional groups attached to an aromatic ring is 1. The minimum absolute atomic E-state index is 0.0681. The van der Waals surface area contributed by atoms with Gasteiger partial charge in [0.2, 0.25) is 0 Å². The summed E-state index contributed by atoms with van der Waals surface area (Å²) in [6.07, 6.45) is 4.22. The zero-order chi connectivity index (χ0) is 11.8. The van der Waals surface area contributed by atoms with Crippen LogP contribution in [0.25, 0.3) is 11.3 Å². The first-order chi connectivity index (χ1) is 8.24. The van der Waals surface area contributed by atoms with Gasteiger partial charge in [-0.15, -0.1) is 0 Å². The fraction of sp³-hybridized carbons (Fsp3) is 0.308. The van der Waals surface area contributed by atoms with Crippen LogP contribution in [0.4, 0.5) is 5.69 Å². The molecule has 1 aliphatic rings. The summed E-state index contributed by atoms with van der Waals surface area (Å²) in [5.74, 6) is 0.994. The third-order valence-corrected chi connectivity index (χ3v) is 3.24. The lowest BCUT2D eigenvalue weighted by atomic mass is 10.1. The number of anilines is 1. The van der Waals surface area contributed by atoms with Crippen LogP contribution in [0.15, 0.2) is 30.5 Å². The molecule has 0 bridgehead atoms. The molecule has 0 amide bonds. The number of hydrogen-bond acceptors (Lipinski definition) is 3. The molecule has 2 heterocycles. The molecule has 0 fully saturated rings. The van der Waals surface area contributed by atoms with E-state index in [1.54, 1.807) is 0 Å². The first kappa shape index (κ1) is 10.4. The number of nitrogens with zero attached hydrogens (tertiary/aromatic N) is 2. The molecule has 0 aliphatic carbocycles. The summed E-state index contributed by atoms with van der Waals surface area (Å²) >= 11 is 0. The van der Waals surface area contributed by atoms with Crippen LogP contribution in [-0.4, -0.2) is 9.55 Å². The topological polar surface area (TPSA) is 69.9 Å². The maximum atomic E-state index is 6.06. The Morgan fingerprint density at radius 2 is 2.24 bits per heavy atom. The largest absolute Gasteiger partial charge is 0.399 e. The van der Waals surface area contributed by atoms with E-state index in [0.717, 1.165) is 42.2 Å². The quantitative estimate of drug-likeness (QED) is 0.733. The van der Waals surface area contributed by atoms with Crippen molar-refractivity contribution in [1.82, 2.24) is 9.55 Å².